The van der Waals surface area contributed by atoms with E-state index < -0.39 is 18.9 Å². The number of likely N-dealkylation sites (tertiary alicyclic amines) is 1. The number of halogens is 3. The quantitative estimate of drug-likeness (QED) is 0.468. The van der Waals surface area contributed by atoms with E-state index in [1.54, 1.807) is 28.9 Å². The van der Waals surface area contributed by atoms with Crippen LogP contribution in [0.15, 0.2) is 48.7 Å². The maximum Gasteiger partial charge on any atom is 0.422 e. The molecule has 0 bridgehead atoms. The van der Waals surface area contributed by atoms with Gasteiger partial charge in [-0.2, -0.15) is 18.2 Å². The van der Waals surface area contributed by atoms with Gasteiger partial charge in [0.25, 0.3) is 5.91 Å². The Morgan fingerprint density at radius 2 is 1.85 bits per heavy atom. The van der Waals surface area contributed by atoms with Crippen LogP contribution in [0.1, 0.15) is 35.2 Å². The van der Waals surface area contributed by atoms with Crippen LogP contribution in [0.2, 0.25) is 0 Å². The van der Waals surface area contributed by atoms with Crippen LogP contribution in [-0.4, -0.2) is 100 Å². The highest BCUT2D eigenvalue weighted by atomic mass is 19.4. The topological polar surface area (TPSA) is 95.3 Å². The number of benzene rings is 1. The van der Waals surface area contributed by atoms with Gasteiger partial charge in [-0.25, -0.2) is 9.31 Å². The summed E-state index contributed by atoms with van der Waals surface area (Å²) in [5.74, 6) is 0.364. The van der Waals surface area contributed by atoms with Gasteiger partial charge in [0.1, 0.15) is 0 Å². The molecular weight excluding hydrogens is 539 g/mol. The minimum absolute atomic E-state index is 0.00506. The molecule has 0 unspecified atom stereocenters. The molecule has 2 aliphatic heterocycles. The van der Waals surface area contributed by atoms with Crippen LogP contribution < -0.4 is 5.32 Å². The van der Waals surface area contributed by atoms with Gasteiger partial charge in [-0.15, -0.1) is 5.10 Å². The highest BCUT2D eigenvalue weighted by Crippen LogP contribution is 2.27. The molecule has 10 nitrogen and oxygen atoms in total. The van der Waals surface area contributed by atoms with E-state index in [0.29, 0.717) is 23.6 Å². The van der Waals surface area contributed by atoms with Crippen LogP contribution in [0.4, 0.5) is 29.6 Å². The van der Waals surface area contributed by atoms with Gasteiger partial charge in [0.15, 0.2) is 12.3 Å². The Hall–Kier alpha value is -4.13. The molecule has 1 fully saturated rings. The minimum Gasteiger partial charge on any atom is -0.440 e. The van der Waals surface area contributed by atoms with Gasteiger partial charge in [-0.3, -0.25) is 4.79 Å². The second kappa shape index (κ2) is 11.8. The first-order chi connectivity index (χ1) is 19.6. The fourth-order valence-electron chi connectivity index (χ4n) is 5.10. The van der Waals surface area contributed by atoms with Crippen LogP contribution in [0.3, 0.4) is 0 Å². The number of rotatable bonds is 6. The molecule has 218 valence electrons. The van der Waals surface area contributed by atoms with Gasteiger partial charge >= 0.3 is 12.3 Å². The molecule has 0 atom stereocenters. The van der Waals surface area contributed by atoms with Crippen LogP contribution >= 0.6 is 0 Å². The zero-order valence-electron chi connectivity index (χ0n) is 22.9. The summed E-state index contributed by atoms with van der Waals surface area (Å²) in [6.45, 7) is 0.705. The summed E-state index contributed by atoms with van der Waals surface area (Å²) < 4.78 is 43.1. The van der Waals surface area contributed by atoms with Crippen molar-refractivity contribution in [1.29, 1.82) is 0 Å². The van der Waals surface area contributed by atoms with E-state index >= 15 is 0 Å². The Kier molecular flexibility index (Phi) is 8.15. The van der Waals surface area contributed by atoms with Crippen LogP contribution in [0.5, 0.6) is 0 Å². The summed E-state index contributed by atoms with van der Waals surface area (Å²) in [4.78, 5) is 35.0. The number of nitrogens with zero attached hydrogens (tertiary/aromatic N) is 6. The molecule has 0 aliphatic carbocycles. The molecular formula is C28H32F3N7O3. The molecule has 0 saturated carbocycles. The second-order valence-electron chi connectivity index (χ2n) is 10.4. The molecule has 0 spiro atoms. The first kappa shape index (κ1) is 28.4. The number of alkyl halides is 3. The molecule has 5 rings (SSSR count). The standard InChI is InChI=1S/C28H32F3N7O3/c1-35-14-11-22(12-15-35)36(2)25(39)20-5-7-21(8-6-20)32-26-33-24-23(4-3-13-38(24)34-26)19-9-16-37(17-10-19)27(40)41-18-28(29,30)31/h3-9,13,22H,10-12,14-18H2,1-2H3,(H,32,34). The largest absolute Gasteiger partial charge is 0.440 e. The van der Waals surface area contributed by atoms with E-state index in [2.05, 4.69) is 32.1 Å². The van der Waals surface area contributed by atoms with Crippen molar-refractivity contribution in [3.05, 3.63) is 59.8 Å². The lowest BCUT2D eigenvalue weighted by Crippen LogP contribution is -2.44. The number of hydrogen-bond acceptors (Lipinski definition) is 7. The van der Waals surface area contributed by atoms with E-state index in [1.807, 2.05) is 36.2 Å². The molecule has 4 heterocycles. The number of aromatic nitrogens is 3. The van der Waals surface area contributed by atoms with Gasteiger partial charge in [-0.05, 0) is 81.4 Å². The number of anilines is 2. The molecule has 2 aromatic heterocycles. The molecule has 1 saturated heterocycles. The third-order valence-electron chi connectivity index (χ3n) is 7.48. The molecule has 0 radical (unpaired) electrons. The smallest absolute Gasteiger partial charge is 0.422 e. The molecule has 1 N–H and O–H groups in total. The molecule has 41 heavy (non-hydrogen) atoms. The Balaban J connectivity index is 1.23. The van der Waals surface area contributed by atoms with Crippen molar-refractivity contribution in [3.63, 3.8) is 0 Å². The van der Waals surface area contributed by atoms with Gasteiger partial charge in [-0.1, -0.05) is 6.08 Å². The summed E-state index contributed by atoms with van der Waals surface area (Å²) >= 11 is 0. The van der Waals surface area contributed by atoms with E-state index in [-0.39, 0.29) is 25.0 Å². The molecule has 1 aromatic carbocycles. The zero-order chi connectivity index (χ0) is 29.1. The summed E-state index contributed by atoms with van der Waals surface area (Å²) in [5, 5.41) is 7.69. The van der Waals surface area contributed by atoms with Gasteiger partial charge in [0.2, 0.25) is 5.95 Å². The lowest BCUT2D eigenvalue weighted by molar-refractivity contribution is -0.162. The van der Waals surface area contributed by atoms with Crippen LogP contribution in [0.25, 0.3) is 11.2 Å². The Labute approximate surface area is 235 Å². The van der Waals surface area contributed by atoms with Gasteiger partial charge < -0.3 is 24.8 Å². The highest BCUT2D eigenvalue weighted by molar-refractivity contribution is 5.94. The van der Waals surface area contributed by atoms with Crippen molar-refractivity contribution < 1.29 is 27.5 Å². The minimum atomic E-state index is -4.57. The van der Waals surface area contributed by atoms with E-state index in [4.69, 9.17) is 0 Å². The number of nitrogens with one attached hydrogen (secondary N) is 1. The van der Waals surface area contributed by atoms with Crippen LogP contribution in [0, 0.1) is 0 Å². The average Bonchev–Trinajstić information content (AvgIpc) is 3.38. The molecule has 2 aliphatic rings. The van der Waals surface area contributed by atoms with E-state index in [1.165, 1.54) is 4.90 Å². The first-order valence-corrected chi connectivity index (χ1v) is 13.4. The fraction of sp³-hybridized carbons (Fsp3) is 0.429. The van der Waals surface area contributed by atoms with Crippen molar-refractivity contribution in [1.82, 2.24) is 29.3 Å². The number of amides is 2. The van der Waals surface area contributed by atoms with Crippen molar-refractivity contribution in [3.8, 4) is 0 Å². The number of carbonyl (C=O) groups excluding carboxylic acids is 2. The van der Waals surface area contributed by atoms with Crippen molar-refractivity contribution in [2.24, 2.45) is 0 Å². The molecule has 13 heteroatoms. The highest BCUT2D eigenvalue weighted by Gasteiger charge is 2.31. The summed E-state index contributed by atoms with van der Waals surface area (Å²) in [7, 11) is 3.96. The summed E-state index contributed by atoms with van der Waals surface area (Å²) in [6, 6.07) is 11.2. The molecule has 3 aromatic rings. The maximum absolute atomic E-state index is 13.0. The SMILES string of the molecule is CN1CCC(N(C)C(=O)c2ccc(Nc3nc4c(C5=CCN(C(=O)OCC(F)(F)F)CC5)cccn4n3)cc2)CC1. The number of fused-ring (bicyclic) bond motifs is 1. The predicted molar refractivity (Wildman–Crippen MR) is 147 cm³/mol. The van der Waals surface area contributed by atoms with E-state index in [0.717, 1.165) is 42.8 Å². The third-order valence-corrected chi connectivity index (χ3v) is 7.48. The first-order valence-electron chi connectivity index (χ1n) is 13.4. The zero-order valence-corrected chi connectivity index (χ0v) is 22.9. The number of hydrogen-bond donors (Lipinski definition) is 1. The lowest BCUT2D eigenvalue weighted by atomic mass is 10.0. The van der Waals surface area contributed by atoms with Crippen LogP contribution in [-0.2, 0) is 4.74 Å². The fourth-order valence-corrected chi connectivity index (χ4v) is 5.10. The van der Waals surface area contributed by atoms with Crippen molar-refractivity contribution >= 4 is 34.9 Å². The van der Waals surface area contributed by atoms with Gasteiger partial charge in [0.05, 0.1) is 0 Å². The molecule has 2 amide bonds. The Bertz CT molecular complexity index is 1430. The normalized spacial score (nSPS) is 16.9. The van der Waals surface area contributed by atoms with E-state index in [9.17, 15) is 22.8 Å². The summed E-state index contributed by atoms with van der Waals surface area (Å²) in [5.41, 5.74) is 3.66. The van der Waals surface area contributed by atoms with Gasteiger partial charge in [0, 0.05) is 49.2 Å². The number of pyridine rings is 1. The van der Waals surface area contributed by atoms with Crippen molar-refractivity contribution in [2.75, 3.05) is 52.2 Å². The number of carbonyl (C=O) groups is 2. The Morgan fingerprint density at radius 3 is 2.51 bits per heavy atom. The number of piperidine rings is 1. The Morgan fingerprint density at radius 1 is 1.12 bits per heavy atom. The predicted octanol–water partition coefficient (Wildman–Crippen LogP) is 4.43. The van der Waals surface area contributed by atoms with Crippen molar-refractivity contribution in [2.45, 2.75) is 31.5 Å². The lowest BCUT2D eigenvalue weighted by Gasteiger charge is -2.35. The maximum atomic E-state index is 13.0. The average molecular weight is 572 g/mol. The number of ether oxygens (including phenoxy) is 1. The summed E-state index contributed by atoms with van der Waals surface area (Å²) in [6.07, 6.45) is 0.343. The third kappa shape index (κ3) is 6.79. The second-order valence-corrected chi connectivity index (χ2v) is 10.4. The monoisotopic (exact) mass is 571 g/mol.